The van der Waals surface area contributed by atoms with E-state index in [1.54, 1.807) is 0 Å². The Labute approximate surface area is 338 Å². The van der Waals surface area contributed by atoms with E-state index < -0.39 is 0 Å². The van der Waals surface area contributed by atoms with E-state index in [1.807, 2.05) is 0 Å². The molecule has 0 amide bonds. The molecule has 13 aromatic rings. The van der Waals surface area contributed by atoms with Gasteiger partial charge in [-0.2, -0.15) is 0 Å². The molecule has 0 spiro atoms. The molecule has 59 heavy (non-hydrogen) atoms. The molecule has 0 atom stereocenters. The highest BCUT2D eigenvalue weighted by molar-refractivity contribution is 7.00. The smallest absolute Gasteiger partial charge is 0.252 e. The summed E-state index contributed by atoms with van der Waals surface area (Å²) < 4.78 is 10.1. The molecule has 270 valence electrons. The lowest BCUT2D eigenvalue weighted by atomic mass is 9.34. The van der Waals surface area contributed by atoms with Gasteiger partial charge in [0.1, 0.15) is 0 Å². The molecule has 4 aromatic heterocycles. The lowest BCUT2D eigenvalue weighted by Gasteiger charge is -2.33. The fourth-order valence-corrected chi connectivity index (χ4v) is 11.6. The second-order valence-electron chi connectivity index (χ2n) is 16.4. The zero-order valence-corrected chi connectivity index (χ0v) is 31.8. The number of hydrogen-bond donors (Lipinski definition) is 0. The second kappa shape index (κ2) is 10.6. The SMILES string of the molecule is c1ccc(-n2c3ccccc3c3cc4c(cc32)c2cccc3c2n4-c2cccc4c2B3c2cccc3c5ccc6c(c7ccccc7n6-c6ccccc6)c5n-4c23)cc1. The highest BCUT2D eigenvalue weighted by atomic mass is 15.1. The van der Waals surface area contributed by atoms with Crippen molar-refractivity contribution in [2.75, 3.05) is 0 Å². The molecule has 6 heterocycles. The van der Waals surface area contributed by atoms with E-state index >= 15 is 0 Å². The molecule has 2 aliphatic heterocycles. The van der Waals surface area contributed by atoms with Gasteiger partial charge in [-0.25, -0.2) is 0 Å². The van der Waals surface area contributed by atoms with Gasteiger partial charge in [-0.05, 0) is 83.1 Å². The number of fused-ring (bicyclic) bond motifs is 17. The summed E-state index contributed by atoms with van der Waals surface area (Å²) in [7, 11) is 0. The van der Waals surface area contributed by atoms with Crippen molar-refractivity contribution in [1.29, 1.82) is 0 Å². The highest BCUT2D eigenvalue weighted by Gasteiger charge is 2.41. The average molecular weight is 747 g/mol. The summed E-state index contributed by atoms with van der Waals surface area (Å²) in [6.45, 7) is 0.0942. The van der Waals surface area contributed by atoms with Crippen LogP contribution in [0.2, 0.25) is 0 Å². The third-order valence-electron chi connectivity index (χ3n) is 13.7. The third-order valence-corrected chi connectivity index (χ3v) is 13.7. The molecule has 2 aliphatic rings. The van der Waals surface area contributed by atoms with E-state index in [4.69, 9.17) is 0 Å². The van der Waals surface area contributed by atoms with Crippen molar-refractivity contribution in [3.8, 4) is 22.7 Å². The van der Waals surface area contributed by atoms with Crippen LogP contribution in [0.3, 0.4) is 0 Å². The summed E-state index contributed by atoms with van der Waals surface area (Å²) in [5, 5.41) is 10.3. The van der Waals surface area contributed by atoms with Crippen molar-refractivity contribution in [1.82, 2.24) is 18.3 Å². The fraction of sp³-hybridized carbons (Fsp3) is 0. The number of nitrogens with zero attached hydrogens (tertiary/aromatic N) is 4. The fourth-order valence-electron chi connectivity index (χ4n) is 11.6. The minimum absolute atomic E-state index is 0.0942. The van der Waals surface area contributed by atoms with Crippen molar-refractivity contribution < 1.29 is 0 Å². The number of benzene rings is 9. The topological polar surface area (TPSA) is 19.7 Å². The van der Waals surface area contributed by atoms with Crippen LogP contribution >= 0.6 is 0 Å². The first-order valence-corrected chi connectivity index (χ1v) is 20.6. The van der Waals surface area contributed by atoms with Crippen LogP contribution in [0.5, 0.6) is 0 Å². The predicted molar refractivity (Wildman–Crippen MR) is 248 cm³/mol. The minimum Gasteiger partial charge on any atom is -0.310 e. The normalized spacial score (nSPS) is 13.1. The molecule has 15 rings (SSSR count). The van der Waals surface area contributed by atoms with E-state index in [0.29, 0.717) is 0 Å². The summed E-state index contributed by atoms with van der Waals surface area (Å²) in [5.74, 6) is 0. The largest absolute Gasteiger partial charge is 0.310 e. The van der Waals surface area contributed by atoms with Crippen LogP contribution in [-0.2, 0) is 0 Å². The Bertz CT molecular complexity index is 4010. The van der Waals surface area contributed by atoms with Gasteiger partial charge in [0.25, 0.3) is 6.71 Å². The van der Waals surface area contributed by atoms with E-state index in [1.165, 1.54) is 126 Å². The van der Waals surface area contributed by atoms with E-state index in [-0.39, 0.29) is 6.71 Å². The Morgan fingerprint density at radius 1 is 0.288 bits per heavy atom. The lowest BCUT2D eigenvalue weighted by Crippen LogP contribution is -2.59. The van der Waals surface area contributed by atoms with Crippen LogP contribution in [0.15, 0.2) is 188 Å². The summed E-state index contributed by atoms with van der Waals surface area (Å²) in [6, 6.07) is 70.1. The number of hydrogen-bond acceptors (Lipinski definition) is 0. The van der Waals surface area contributed by atoms with Gasteiger partial charge in [0.05, 0.1) is 33.1 Å². The van der Waals surface area contributed by atoms with Crippen molar-refractivity contribution in [2.45, 2.75) is 0 Å². The summed E-state index contributed by atoms with van der Waals surface area (Å²) >= 11 is 0. The molecule has 9 aromatic carbocycles. The van der Waals surface area contributed by atoms with Crippen LogP contribution in [0.25, 0.3) is 110 Å². The maximum atomic E-state index is 2.63. The van der Waals surface area contributed by atoms with Gasteiger partial charge >= 0.3 is 0 Å². The van der Waals surface area contributed by atoms with Crippen molar-refractivity contribution in [2.24, 2.45) is 0 Å². The molecular weight excluding hydrogens is 715 g/mol. The first kappa shape index (κ1) is 30.4. The van der Waals surface area contributed by atoms with E-state index in [0.717, 1.165) is 0 Å². The van der Waals surface area contributed by atoms with Crippen LogP contribution in [-0.4, -0.2) is 25.0 Å². The highest BCUT2D eigenvalue weighted by Crippen LogP contribution is 2.45. The Morgan fingerprint density at radius 2 is 0.780 bits per heavy atom. The Hall–Kier alpha value is -7.76. The van der Waals surface area contributed by atoms with Gasteiger partial charge in [0.15, 0.2) is 0 Å². The molecule has 0 saturated heterocycles. The maximum Gasteiger partial charge on any atom is 0.252 e. The molecule has 0 radical (unpaired) electrons. The van der Waals surface area contributed by atoms with Crippen molar-refractivity contribution in [3.63, 3.8) is 0 Å². The van der Waals surface area contributed by atoms with Crippen LogP contribution in [0.4, 0.5) is 0 Å². The lowest BCUT2D eigenvalue weighted by molar-refractivity contribution is 1.14. The Kier molecular flexibility index (Phi) is 5.46. The second-order valence-corrected chi connectivity index (χ2v) is 16.4. The van der Waals surface area contributed by atoms with Gasteiger partial charge in [0.2, 0.25) is 0 Å². The predicted octanol–water partition coefficient (Wildman–Crippen LogP) is 11.2. The van der Waals surface area contributed by atoms with Crippen molar-refractivity contribution in [3.05, 3.63) is 188 Å². The van der Waals surface area contributed by atoms with Gasteiger partial charge in [-0.3, -0.25) is 0 Å². The molecule has 0 N–H and O–H groups in total. The molecule has 0 bridgehead atoms. The van der Waals surface area contributed by atoms with Crippen molar-refractivity contribution >= 4 is 110 Å². The Balaban J connectivity index is 1.10. The maximum absolute atomic E-state index is 2.63. The standard InChI is InChI=1S/C54H31BN4/c1-3-14-32(15-4-1)56-44-25-10-8-19-38(44)50-45(56)29-28-37-35-20-11-23-42-53(35)59(54(37)50)47-27-13-26-46-51(47)55(42)41-22-12-21-36-40-31-48-39(30-49(40)58(46)52(36)41)34-18-7-9-24-43(34)57(48)33-16-5-2-6-17-33/h1-31H. The first-order chi connectivity index (χ1) is 29.3. The quantitative estimate of drug-likeness (QED) is 0.157. The molecule has 5 heteroatoms. The molecule has 0 unspecified atom stereocenters. The zero-order chi connectivity index (χ0) is 38.1. The van der Waals surface area contributed by atoms with E-state index in [2.05, 4.69) is 206 Å². The van der Waals surface area contributed by atoms with Crippen LogP contribution in [0, 0.1) is 0 Å². The first-order valence-electron chi connectivity index (χ1n) is 20.6. The number of aromatic nitrogens is 4. The molecule has 0 fully saturated rings. The molecule has 0 saturated carbocycles. The minimum atomic E-state index is 0.0942. The van der Waals surface area contributed by atoms with Crippen LogP contribution in [0.1, 0.15) is 0 Å². The summed E-state index contributed by atoms with van der Waals surface area (Å²) in [4.78, 5) is 0. The van der Waals surface area contributed by atoms with Gasteiger partial charge in [0, 0.05) is 76.9 Å². The number of para-hydroxylation sites is 6. The summed E-state index contributed by atoms with van der Waals surface area (Å²) in [5.41, 5.74) is 19.0. The van der Waals surface area contributed by atoms with Gasteiger partial charge in [-0.15, -0.1) is 0 Å². The van der Waals surface area contributed by atoms with Crippen LogP contribution < -0.4 is 16.4 Å². The Morgan fingerprint density at radius 3 is 1.49 bits per heavy atom. The molecule has 0 aliphatic carbocycles. The average Bonchev–Trinajstić information content (AvgIpc) is 4.02. The molecular formula is C54H31BN4. The van der Waals surface area contributed by atoms with Gasteiger partial charge < -0.3 is 18.3 Å². The van der Waals surface area contributed by atoms with Gasteiger partial charge in [-0.1, -0.05) is 121 Å². The van der Waals surface area contributed by atoms with E-state index in [9.17, 15) is 0 Å². The summed E-state index contributed by atoms with van der Waals surface area (Å²) in [6.07, 6.45) is 0. The molecule has 4 nitrogen and oxygen atoms in total. The zero-order valence-electron chi connectivity index (χ0n) is 31.8. The third kappa shape index (κ3) is 3.56. The monoisotopic (exact) mass is 746 g/mol. The number of rotatable bonds is 2.